The van der Waals surface area contributed by atoms with Gasteiger partial charge in [-0.1, -0.05) is 18.2 Å². The summed E-state index contributed by atoms with van der Waals surface area (Å²) in [6, 6.07) is 9.07. The van der Waals surface area contributed by atoms with E-state index < -0.39 is 0 Å². The van der Waals surface area contributed by atoms with E-state index in [-0.39, 0.29) is 25.0 Å². The third kappa shape index (κ3) is 4.55. The van der Waals surface area contributed by atoms with E-state index in [0.29, 0.717) is 32.1 Å². The van der Waals surface area contributed by atoms with Crippen LogP contribution >= 0.6 is 0 Å². The molecule has 20 heavy (non-hydrogen) atoms. The third-order valence-corrected chi connectivity index (χ3v) is 2.91. The molecule has 0 spiro atoms. The first-order valence-electron chi connectivity index (χ1n) is 6.56. The van der Waals surface area contributed by atoms with Crippen molar-refractivity contribution in [2.45, 2.75) is 0 Å². The monoisotopic (exact) mass is 278 g/mol. The van der Waals surface area contributed by atoms with Crippen LogP contribution in [0.3, 0.4) is 0 Å². The molecule has 1 saturated heterocycles. The Hall–Kier alpha value is -2.08. The van der Waals surface area contributed by atoms with Crippen LogP contribution in [0.4, 0.5) is 0 Å². The predicted octanol–water partition coefficient (Wildman–Crippen LogP) is 0.0404. The van der Waals surface area contributed by atoms with Gasteiger partial charge < -0.3 is 19.7 Å². The number of morpholine rings is 1. The summed E-state index contributed by atoms with van der Waals surface area (Å²) in [5.41, 5.74) is 0. The molecule has 1 fully saturated rings. The Morgan fingerprint density at radius 1 is 1.20 bits per heavy atom. The van der Waals surface area contributed by atoms with Gasteiger partial charge in [0.15, 0.2) is 6.61 Å². The maximum Gasteiger partial charge on any atom is 0.258 e. The Kier molecular flexibility index (Phi) is 5.37. The molecule has 2 rings (SSSR count). The van der Waals surface area contributed by atoms with E-state index in [4.69, 9.17) is 9.47 Å². The van der Waals surface area contributed by atoms with Crippen LogP contribution in [-0.2, 0) is 14.3 Å². The maximum atomic E-state index is 11.8. The Balaban J connectivity index is 1.65. The third-order valence-electron chi connectivity index (χ3n) is 2.91. The van der Waals surface area contributed by atoms with Crippen LogP contribution in [0.25, 0.3) is 0 Å². The van der Waals surface area contributed by atoms with E-state index in [1.165, 1.54) is 0 Å². The minimum absolute atomic E-state index is 0.00299. The number of carbonyl (C=O) groups excluding carboxylic acids is 2. The quantitative estimate of drug-likeness (QED) is 0.826. The van der Waals surface area contributed by atoms with Gasteiger partial charge in [-0.15, -0.1) is 0 Å². The average Bonchev–Trinajstić information content (AvgIpc) is 2.52. The summed E-state index contributed by atoms with van der Waals surface area (Å²) in [6.45, 7) is 2.16. The summed E-state index contributed by atoms with van der Waals surface area (Å²) >= 11 is 0. The summed E-state index contributed by atoms with van der Waals surface area (Å²) in [5, 5.41) is 2.55. The van der Waals surface area contributed by atoms with E-state index in [0.717, 1.165) is 0 Å². The zero-order valence-corrected chi connectivity index (χ0v) is 11.2. The Morgan fingerprint density at radius 2 is 1.90 bits per heavy atom. The standard InChI is InChI=1S/C14H18N2O4/c17-13(11-20-12-4-2-1-3-5-12)15-10-14(18)16-6-8-19-9-7-16/h1-5H,6-11H2,(H,15,17). The topological polar surface area (TPSA) is 67.9 Å². The van der Waals surface area contributed by atoms with Gasteiger partial charge in [-0.2, -0.15) is 0 Å². The number of nitrogens with zero attached hydrogens (tertiary/aromatic N) is 1. The van der Waals surface area contributed by atoms with Crippen LogP contribution in [0, 0.1) is 0 Å². The van der Waals surface area contributed by atoms with E-state index in [9.17, 15) is 9.59 Å². The van der Waals surface area contributed by atoms with Crippen molar-refractivity contribution in [2.24, 2.45) is 0 Å². The molecule has 0 atom stereocenters. The molecule has 0 bridgehead atoms. The molecule has 1 aromatic carbocycles. The summed E-state index contributed by atoms with van der Waals surface area (Å²) in [5.74, 6) is 0.221. The lowest BCUT2D eigenvalue weighted by Gasteiger charge is -2.26. The van der Waals surface area contributed by atoms with Crippen LogP contribution in [0.15, 0.2) is 30.3 Å². The van der Waals surface area contributed by atoms with E-state index in [1.807, 2.05) is 18.2 Å². The highest BCUT2D eigenvalue weighted by molar-refractivity contribution is 5.85. The van der Waals surface area contributed by atoms with E-state index >= 15 is 0 Å². The van der Waals surface area contributed by atoms with Crippen molar-refractivity contribution >= 4 is 11.8 Å². The van der Waals surface area contributed by atoms with Crippen molar-refractivity contribution in [3.63, 3.8) is 0 Å². The number of carbonyl (C=O) groups is 2. The van der Waals surface area contributed by atoms with Gasteiger partial charge in [0.1, 0.15) is 5.75 Å². The first-order chi connectivity index (χ1) is 9.75. The first-order valence-corrected chi connectivity index (χ1v) is 6.56. The van der Waals surface area contributed by atoms with Crippen molar-refractivity contribution in [3.05, 3.63) is 30.3 Å². The zero-order chi connectivity index (χ0) is 14.2. The average molecular weight is 278 g/mol. The lowest BCUT2D eigenvalue weighted by molar-refractivity contribution is -0.136. The van der Waals surface area contributed by atoms with Crippen LogP contribution < -0.4 is 10.1 Å². The minimum Gasteiger partial charge on any atom is -0.484 e. The number of para-hydroxylation sites is 1. The SMILES string of the molecule is O=C(COc1ccccc1)NCC(=O)N1CCOCC1. The van der Waals surface area contributed by atoms with Crippen molar-refractivity contribution in [1.82, 2.24) is 10.2 Å². The van der Waals surface area contributed by atoms with Gasteiger partial charge in [-0.3, -0.25) is 9.59 Å². The van der Waals surface area contributed by atoms with Crippen LogP contribution in [0.5, 0.6) is 5.75 Å². The van der Waals surface area contributed by atoms with Crippen LogP contribution in [-0.4, -0.2) is 56.2 Å². The van der Waals surface area contributed by atoms with Gasteiger partial charge in [0.2, 0.25) is 5.91 Å². The maximum absolute atomic E-state index is 11.8. The molecule has 0 saturated carbocycles. The van der Waals surface area contributed by atoms with Gasteiger partial charge in [-0.05, 0) is 12.1 Å². The number of hydrogen-bond donors (Lipinski definition) is 1. The fraction of sp³-hybridized carbons (Fsp3) is 0.429. The van der Waals surface area contributed by atoms with Gasteiger partial charge in [0, 0.05) is 13.1 Å². The molecule has 1 N–H and O–H groups in total. The van der Waals surface area contributed by atoms with E-state index in [2.05, 4.69) is 5.32 Å². The smallest absolute Gasteiger partial charge is 0.258 e. The normalized spacial score (nSPS) is 14.7. The molecule has 1 aliphatic rings. The van der Waals surface area contributed by atoms with Crippen molar-refractivity contribution < 1.29 is 19.1 Å². The van der Waals surface area contributed by atoms with Gasteiger partial charge in [0.05, 0.1) is 19.8 Å². The summed E-state index contributed by atoms with van der Waals surface area (Å²) in [4.78, 5) is 25.0. The fourth-order valence-electron chi connectivity index (χ4n) is 1.82. The number of amides is 2. The van der Waals surface area contributed by atoms with Crippen molar-refractivity contribution in [1.29, 1.82) is 0 Å². The Morgan fingerprint density at radius 3 is 2.60 bits per heavy atom. The summed E-state index contributed by atoms with van der Waals surface area (Å²) < 4.78 is 10.5. The molecule has 0 aromatic heterocycles. The highest BCUT2D eigenvalue weighted by Gasteiger charge is 2.17. The summed E-state index contributed by atoms with van der Waals surface area (Å²) in [6.07, 6.45) is 0. The number of nitrogens with one attached hydrogen (secondary N) is 1. The number of ether oxygens (including phenoxy) is 2. The first kappa shape index (κ1) is 14.3. The largest absolute Gasteiger partial charge is 0.484 e. The highest BCUT2D eigenvalue weighted by atomic mass is 16.5. The second-order valence-corrected chi connectivity index (χ2v) is 4.37. The second kappa shape index (κ2) is 7.49. The highest BCUT2D eigenvalue weighted by Crippen LogP contribution is 2.07. The number of hydrogen-bond acceptors (Lipinski definition) is 4. The zero-order valence-electron chi connectivity index (χ0n) is 11.2. The molecule has 1 aliphatic heterocycles. The lowest BCUT2D eigenvalue weighted by atomic mass is 10.3. The van der Waals surface area contributed by atoms with E-state index in [1.54, 1.807) is 17.0 Å². The molecule has 6 heteroatoms. The fourth-order valence-corrected chi connectivity index (χ4v) is 1.82. The van der Waals surface area contributed by atoms with Gasteiger partial charge in [-0.25, -0.2) is 0 Å². The van der Waals surface area contributed by atoms with Crippen LogP contribution in [0.1, 0.15) is 0 Å². The number of rotatable bonds is 5. The van der Waals surface area contributed by atoms with Crippen molar-refractivity contribution in [2.75, 3.05) is 39.5 Å². The molecule has 0 aliphatic carbocycles. The van der Waals surface area contributed by atoms with Crippen molar-refractivity contribution in [3.8, 4) is 5.75 Å². The molecule has 0 radical (unpaired) electrons. The lowest BCUT2D eigenvalue weighted by Crippen LogP contribution is -2.46. The molecule has 1 heterocycles. The molecule has 2 amide bonds. The molecule has 108 valence electrons. The Bertz CT molecular complexity index is 444. The van der Waals surface area contributed by atoms with Gasteiger partial charge >= 0.3 is 0 Å². The summed E-state index contributed by atoms with van der Waals surface area (Å²) in [7, 11) is 0. The van der Waals surface area contributed by atoms with Gasteiger partial charge in [0.25, 0.3) is 5.91 Å². The molecular formula is C14H18N2O4. The molecule has 1 aromatic rings. The number of benzene rings is 1. The molecule has 6 nitrogen and oxygen atoms in total. The molecule has 0 unspecified atom stereocenters. The van der Waals surface area contributed by atoms with Crippen LogP contribution in [0.2, 0.25) is 0 Å². The predicted molar refractivity (Wildman–Crippen MR) is 72.3 cm³/mol. The minimum atomic E-state index is -0.310. The molecular weight excluding hydrogens is 260 g/mol. The Labute approximate surface area is 117 Å². The second-order valence-electron chi connectivity index (χ2n) is 4.37.